The van der Waals surface area contributed by atoms with Crippen LogP contribution in [-0.2, 0) is 0 Å². The lowest BCUT2D eigenvalue weighted by atomic mass is 10.1. The molecule has 2 saturated carbocycles. The molecule has 7 nitrogen and oxygen atoms in total. The van der Waals surface area contributed by atoms with E-state index in [-0.39, 0.29) is 54.0 Å². The van der Waals surface area contributed by atoms with E-state index in [1.807, 2.05) is 19.1 Å². The Labute approximate surface area is 224 Å². The summed E-state index contributed by atoms with van der Waals surface area (Å²) in [6, 6.07) is 8.87. The average molecular weight is 533 g/mol. The number of nitrogens with zero attached hydrogens (tertiary/aromatic N) is 4. The van der Waals surface area contributed by atoms with Crippen molar-refractivity contribution in [1.82, 2.24) is 19.0 Å². The molecule has 1 aliphatic heterocycles. The summed E-state index contributed by atoms with van der Waals surface area (Å²) in [6.45, 7) is 3.04. The lowest BCUT2D eigenvalue weighted by molar-refractivity contribution is 0.0668. The van der Waals surface area contributed by atoms with Crippen molar-refractivity contribution in [2.24, 2.45) is 5.92 Å². The highest BCUT2D eigenvalue weighted by atomic mass is 19.1. The number of fused-ring (bicyclic) bond motifs is 2. The van der Waals surface area contributed by atoms with Crippen LogP contribution >= 0.6 is 0 Å². The van der Waals surface area contributed by atoms with Gasteiger partial charge in [-0.15, -0.1) is 0 Å². The van der Waals surface area contributed by atoms with Gasteiger partial charge in [-0.05, 0) is 75.6 Å². The number of alkyl halides is 1. The van der Waals surface area contributed by atoms with E-state index in [2.05, 4.69) is 9.55 Å². The Morgan fingerprint density at radius 1 is 1.05 bits per heavy atom. The fraction of sp³-hybridized carbons (Fsp3) is 0.433. The molecule has 3 aliphatic rings. The Bertz CT molecular complexity index is 1680. The van der Waals surface area contributed by atoms with E-state index in [0.29, 0.717) is 29.8 Å². The monoisotopic (exact) mass is 532 g/mol. The fourth-order valence-electron chi connectivity index (χ4n) is 5.71. The van der Waals surface area contributed by atoms with Crippen LogP contribution in [0.3, 0.4) is 0 Å². The minimum Gasteiger partial charge on any atom is -0.477 e. The number of amides is 1. The van der Waals surface area contributed by atoms with E-state index in [9.17, 15) is 14.0 Å². The maximum absolute atomic E-state index is 16.0. The van der Waals surface area contributed by atoms with Crippen molar-refractivity contribution < 1.29 is 18.3 Å². The zero-order valence-corrected chi connectivity index (χ0v) is 21.8. The van der Waals surface area contributed by atoms with Crippen LogP contribution in [0.4, 0.5) is 8.78 Å². The van der Waals surface area contributed by atoms with Crippen LogP contribution in [0.1, 0.15) is 60.6 Å². The Kier molecular flexibility index (Phi) is 5.72. The number of hydrogen-bond acceptors (Lipinski definition) is 4. The molecule has 0 unspecified atom stereocenters. The highest BCUT2D eigenvalue weighted by molar-refractivity contribution is 6.05. The first kappa shape index (κ1) is 24.3. The summed E-state index contributed by atoms with van der Waals surface area (Å²) >= 11 is 0. The second kappa shape index (κ2) is 9.17. The average Bonchev–Trinajstić information content (AvgIpc) is 3.87. The van der Waals surface area contributed by atoms with Gasteiger partial charge in [-0.2, -0.15) is 0 Å². The molecule has 1 amide bonds. The topological polar surface area (TPSA) is 69.4 Å². The van der Waals surface area contributed by atoms with Crippen molar-refractivity contribution in [3.05, 3.63) is 64.0 Å². The van der Waals surface area contributed by atoms with E-state index in [1.54, 1.807) is 23.1 Å². The molecule has 0 radical (unpaired) electrons. The lowest BCUT2D eigenvalue weighted by Crippen LogP contribution is -2.39. The number of piperidine rings is 1. The molecule has 39 heavy (non-hydrogen) atoms. The Balaban J connectivity index is 1.38. The second-order valence-electron chi connectivity index (χ2n) is 11.2. The van der Waals surface area contributed by atoms with Crippen LogP contribution in [0.5, 0.6) is 5.88 Å². The number of likely N-dealkylation sites (tertiary alicyclic amines) is 1. The van der Waals surface area contributed by atoms with Crippen LogP contribution in [0, 0.1) is 18.7 Å². The van der Waals surface area contributed by atoms with Gasteiger partial charge in [0.1, 0.15) is 6.17 Å². The number of benzene rings is 1. The minimum atomic E-state index is -0.937. The van der Waals surface area contributed by atoms with E-state index in [0.717, 1.165) is 36.9 Å². The number of ether oxygens (including phenoxy) is 1. The smallest absolute Gasteiger partial charge is 0.264 e. The molecule has 9 heteroatoms. The first-order valence-corrected chi connectivity index (χ1v) is 13.8. The van der Waals surface area contributed by atoms with Gasteiger partial charge in [0.25, 0.3) is 11.5 Å². The Hall–Kier alpha value is -3.75. The third-order valence-electron chi connectivity index (χ3n) is 8.24. The van der Waals surface area contributed by atoms with Gasteiger partial charge in [0.15, 0.2) is 5.82 Å². The molecule has 4 aromatic rings. The summed E-state index contributed by atoms with van der Waals surface area (Å²) < 4.78 is 39.1. The summed E-state index contributed by atoms with van der Waals surface area (Å²) in [5, 5.41) is 0.648. The summed E-state index contributed by atoms with van der Waals surface area (Å²) in [5.74, 6) is -0.0161. The molecule has 0 atom stereocenters. The molecular weight excluding hydrogens is 502 g/mol. The minimum absolute atomic E-state index is 0.0768. The van der Waals surface area contributed by atoms with Gasteiger partial charge in [0.05, 0.1) is 34.3 Å². The van der Waals surface area contributed by atoms with Crippen LogP contribution in [0.25, 0.3) is 27.5 Å². The summed E-state index contributed by atoms with van der Waals surface area (Å²) in [4.78, 5) is 33.6. The van der Waals surface area contributed by atoms with Gasteiger partial charge in [-0.25, -0.2) is 13.8 Å². The van der Waals surface area contributed by atoms with Crippen molar-refractivity contribution in [3.8, 4) is 11.6 Å². The van der Waals surface area contributed by atoms with Gasteiger partial charge in [-0.1, -0.05) is 0 Å². The van der Waals surface area contributed by atoms with Gasteiger partial charge in [0, 0.05) is 42.5 Å². The maximum Gasteiger partial charge on any atom is 0.264 e. The fourth-order valence-corrected chi connectivity index (χ4v) is 5.71. The quantitative estimate of drug-likeness (QED) is 0.330. The number of halogens is 2. The zero-order valence-electron chi connectivity index (χ0n) is 21.8. The van der Waals surface area contributed by atoms with Gasteiger partial charge in [-0.3, -0.25) is 14.2 Å². The number of rotatable bonds is 6. The molecule has 3 fully saturated rings. The molecule has 0 N–H and O–H groups in total. The Morgan fingerprint density at radius 3 is 2.54 bits per heavy atom. The molecule has 7 rings (SSSR count). The van der Waals surface area contributed by atoms with Crippen LogP contribution in [0.2, 0.25) is 0 Å². The summed E-state index contributed by atoms with van der Waals surface area (Å²) in [7, 11) is 0. The van der Waals surface area contributed by atoms with E-state index >= 15 is 4.39 Å². The molecule has 1 saturated heterocycles. The largest absolute Gasteiger partial charge is 0.477 e. The van der Waals surface area contributed by atoms with Gasteiger partial charge >= 0.3 is 0 Å². The molecule has 3 aromatic heterocycles. The number of aromatic nitrogens is 3. The molecule has 202 valence electrons. The second-order valence-corrected chi connectivity index (χ2v) is 11.2. The first-order chi connectivity index (χ1) is 18.9. The molecule has 2 aliphatic carbocycles. The molecule has 0 spiro atoms. The number of carbonyl (C=O) groups is 1. The van der Waals surface area contributed by atoms with E-state index in [4.69, 9.17) is 4.74 Å². The van der Waals surface area contributed by atoms with Gasteiger partial charge in [0.2, 0.25) is 5.88 Å². The van der Waals surface area contributed by atoms with Crippen molar-refractivity contribution in [2.45, 2.75) is 57.7 Å². The highest BCUT2D eigenvalue weighted by Crippen LogP contribution is 2.40. The van der Waals surface area contributed by atoms with Gasteiger partial charge < -0.3 is 14.2 Å². The third-order valence-corrected chi connectivity index (χ3v) is 8.24. The number of aryl methyl sites for hydroxylation is 1. The molecule has 4 heterocycles. The number of hydrogen-bond donors (Lipinski definition) is 0. The predicted octanol–water partition coefficient (Wildman–Crippen LogP) is 5.49. The van der Waals surface area contributed by atoms with Crippen LogP contribution in [-0.4, -0.2) is 50.8 Å². The van der Waals surface area contributed by atoms with E-state index < -0.39 is 17.5 Å². The zero-order chi connectivity index (χ0) is 26.8. The van der Waals surface area contributed by atoms with E-state index in [1.165, 1.54) is 10.8 Å². The lowest BCUT2D eigenvalue weighted by Gasteiger charge is -2.29. The normalized spacial score (nSPS) is 18.3. The molecule has 1 aromatic carbocycles. The number of pyridine rings is 2. The third kappa shape index (κ3) is 4.28. The van der Waals surface area contributed by atoms with Crippen molar-refractivity contribution >= 4 is 27.7 Å². The van der Waals surface area contributed by atoms with Crippen molar-refractivity contribution in [2.75, 3.05) is 19.7 Å². The summed E-state index contributed by atoms with van der Waals surface area (Å²) in [5.41, 5.74) is 1.77. The van der Waals surface area contributed by atoms with Crippen LogP contribution < -0.4 is 10.3 Å². The number of carbonyl (C=O) groups excluding carboxylic acids is 1. The highest BCUT2D eigenvalue weighted by Gasteiger charge is 2.29. The predicted molar refractivity (Wildman–Crippen MR) is 144 cm³/mol. The standard InChI is InChI=1S/C30H30F2N4O3/c1-17-14-22-24(36(17)20-4-5-20)7-8-25(27(22)32)35-15-23(29(37)34-12-10-19(31)11-13-34)28-21(30(35)38)6-9-26(33-28)39-16-18-2-3-18/h6-9,14-15,18-20H,2-5,10-13,16H2,1H3. The molecule has 0 bridgehead atoms. The Morgan fingerprint density at radius 2 is 1.82 bits per heavy atom. The van der Waals surface area contributed by atoms with Crippen LogP contribution in [0.15, 0.2) is 41.3 Å². The first-order valence-electron chi connectivity index (χ1n) is 13.8. The SMILES string of the molecule is Cc1cc2c(F)c(-n3cc(C(=O)N4CCC(F)CC4)c4nc(OCC5CC5)ccc4c3=O)ccc2n1C1CC1. The summed E-state index contributed by atoms with van der Waals surface area (Å²) in [6.07, 6.45) is 5.35. The molecular formula is C30H30F2N4O3. The van der Waals surface area contributed by atoms with Crippen molar-refractivity contribution in [3.63, 3.8) is 0 Å². The van der Waals surface area contributed by atoms with Crippen molar-refractivity contribution in [1.29, 1.82) is 0 Å². The maximum atomic E-state index is 16.0.